The number of aromatic nitrogens is 2. The third-order valence-electron chi connectivity index (χ3n) is 5.25. The van der Waals surface area contributed by atoms with E-state index in [1.165, 1.54) is 23.8 Å². The van der Waals surface area contributed by atoms with E-state index < -0.39 is 11.8 Å². The van der Waals surface area contributed by atoms with Crippen LogP contribution in [-0.2, 0) is 24.1 Å². The Labute approximate surface area is 179 Å². The molecule has 0 spiro atoms. The number of nitrogens with zero attached hydrogens (tertiary/aromatic N) is 2. The topological polar surface area (TPSA) is 75.1 Å². The Morgan fingerprint density at radius 2 is 2.00 bits per heavy atom. The fraction of sp³-hybridized carbons (Fsp3) is 0.348. The number of rotatable bonds is 8. The molecule has 1 aliphatic carbocycles. The lowest BCUT2D eigenvalue weighted by Crippen LogP contribution is -2.08. The molecule has 0 amide bonds. The van der Waals surface area contributed by atoms with E-state index in [0.717, 1.165) is 29.0 Å². The third-order valence-corrected chi connectivity index (χ3v) is 6.49. The highest BCUT2D eigenvalue weighted by Gasteiger charge is 2.26. The second-order valence-electron chi connectivity index (χ2n) is 7.51. The monoisotopic (exact) mass is 425 g/mol. The summed E-state index contributed by atoms with van der Waals surface area (Å²) in [4.78, 5) is 22.8. The molecule has 5 nitrogen and oxygen atoms in total. The van der Waals surface area contributed by atoms with E-state index >= 15 is 0 Å². The fourth-order valence-electron chi connectivity index (χ4n) is 3.54. The van der Waals surface area contributed by atoms with Gasteiger partial charge in [-0.05, 0) is 61.4 Å². The lowest BCUT2D eigenvalue weighted by Gasteiger charge is -2.15. The van der Waals surface area contributed by atoms with E-state index in [1.807, 2.05) is 6.92 Å². The molecule has 0 radical (unpaired) electrons. The minimum absolute atomic E-state index is 0.212. The predicted octanol–water partition coefficient (Wildman–Crippen LogP) is 5.72. The van der Waals surface area contributed by atoms with Crippen molar-refractivity contribution in [2.75, 3.05) is 5.32 Å². The van der Waals surface area contributed by atoms with Gasteiger partial charge in [0.15, 0.2) is 5.82 Å². The molecule has 1 aromatic carbocycles. The zero-order valence-corrected chi connectivity index (χ0v) is 17.9. The lowest BCUT2D eigenvalue weighted by molar-refractivity contribution is -0.136. The third kappa shape index (κ3) is 4.36. The maximum Gasteiger partial charge on any atom is 0.307 e. The first-order valence-corrected chi connectivity index (χ1v) is 11.1. The van der Waals surface area contributed by atoms with E-state index in [1.54, 1.807) is 23.5 Å². The van der Waals surface area contributed by atoms with Crippen LogP contribution in [0.2, 0.25) is 0 Å². The number of aryl methyl sites for hydroxylation is 1. The summed E-state index contributed by atoms with van der Waals surface area (Å²) in [6, 6.07) is 8.68. The molecule has 156 valence electrons. The molecule has 2 heterocycles. The smallest absolute Gasteiger partial charge is 0.307 e. The van der Waals surface area contributed by atoms with Gasteiger partial charge < -0.3 is 10.4 Å². The van der Waals surface area contributed by atoms with Crippen LogP contribution in [0, 0.1) is 5.82 Å². The summed E-state index contributed by atoms with van der Waals surface area (Å²) in [5.41, 5.74) is 2.61. The van der Waals surface area contributed by atoms with Gasteiger partial charge in [-0.15, -0.1) is 11.3 Å². The van der Waals surface area contributed by atoms with Gasteiger partial charge in [-0.2, -0.15) is 0 Å². The Hall–Kier alpha value is -2.80. The zero-order valence-electron chi connectivity index (χ0n) is 17.0. The van der Waals surface area contributed by atoms with E-state index in [4.69, 9.17) is 15.1 Å². The van der Waals surface area contributed by atoms with Crippen molar-refractivity contribution < 1.29 is 14.3 Å². The second kappa shape index (κ2) is 8.52. The van der Waals surface area contributed by atoms with Crippen LogP contribution >= 0.6 is 11.3 Å². The van der Waals surface area contributed by atoms with Crippen molar-refractivity contribution in [3.8, 4) is 10.7 Å². The largest absolute Gasteiger partial charge is 0.481 e. The summed E-state index contributed by atoms with van der Waals surface area (Å²) in [6.45, 7) is 4.09. The van der Waals surface area contributed by atoms with Gasteiger partial charge in [0.25, 0.3) is 0 Å². The number of nitrogens with one attached hydrogen (secondary N) is 1. The number of aliphatic carboxylic acids is 1. The summed E-state index contributed by atoms with van der Waals surface area (Å²) < 4.78 is 14.6. The van der Waals surface area contributed by atoms with Crippen LogP contribution < -0.4 is 5.32 Å². The van der Waals surface area contributed by atoms with Crippen LogP contribution in [0.15, 0.2) is 30.3 Å². The molecular weight excluding hydrogens is 401 g/mol. The molecule has 3 aromatic rings. The number of halogens is 1. The van der Waals surface area contributed by atoms with E-state index in [-0.39, 0.29) is 12.1 Å². The van der Waals surface area contributed by atoms with Gasteiger partial charge >= 0.3 is 5.97 Å². The van der Waals surface area contributed by atoms with Crippen molar-refractivity contribution >= 4 is 28.8 Å². The summed E-state index contributed by atoms with van der Waals surface area (Å²) in [6.07, 6.45) is 3.77. The number of thiophene rings is 1. The molecule has 4 rings (SSSR count). The number of carboxylic acid groups (broad SMARTS) is 1. The number of benzene rings is 1. The lowest BCUT2D eigenvalue weighted by atomic mass is 10.1. The predicted molar refractivity (Wildman–Crippen MR) is 117 cm³/mol. The Morgan fingerprint density at radius 1 is 1.20 bits per heavy atom. The molecular formula is C23H24FN3O2S. The van der Waals surface area contributed by atoms with Crippen molar-refractivity contribution in [1.29, 1.82) is 0 Å². The van der Waals surface area contributed by atoms with Crippen molar-refractivity contribution in [2.24, 2.45) is 0 Å². The van der Waals surface area contributed by atoms with Gasteiger partial charge in [-0.25, -0.2) is 14.4 Å². The van der Waals surface area contributed by atoms with Crippen LogP contribution in [-0.4, -0.2) is 21.0 Å². The minimum Gasteiger partial charge on any atom is -0.481 e. The van der Waals surface area contributed by atoms with Gasteiger partial charge in [0.05, 0.1) is 17.0 Å². The molecule has 1 aliphatic rings. The molecule has 30 heavy (non-hydrogen) atoms. The zero-order chi connectivity index (χ0) is 21.3. The number of hydrogen-bond donors (Lipinski definition) is 2. The highest BCUT2D eigenvalue weighted by atomic mass is 32.1. The molecule has 1 saturated carbocycles. The van der Waals surface area contributed by atoms with Crippen LogP contribution in [0.5, 0.6) is 0 Å². The van der Waals surface area contributed by atoms with Gasteiger partial charge in [0.1, 0.15) is 11.6 Å². The van der Waals surface area contributed by atoms with E-state index in [0.29, 0.717) is 23.1 Å². The molecule has 1 fully saturated rings. The molecule has 0 atom stereocenters. The molecule has 2 aromatic heterocycles. The maximum atomic E-state index is 14.6. The molecule has 0 bridgehead atoms. The maximum absolute atomic E-state index is 14.6. The van der Waals surface area contributed by atoms with Gasteiger partial charge in [-0.1, -0.05) is 19.9 Å². The second-order valence-corrected chi connectivity index (χ2v) is 8.63. The standard InChI is InChI=1S/C23H24FN3O2S/c1-3-15-17(4-2)25-23(20-10-9-19(30-20)14-6-7-14)27-22(15)26-18-8-5-13(11-16(18)24)12-21(28)29/h5,8-11,14H,3-4,6-7,12H2,1-2H3,(H,28,29)(H,25,26,27). The fourth-order valence-corrected chi connectivity index (χ4v) is 4.65. The number of anilines is 2. The molecule has 0 saturated heterocycles. The molecule has 0 aliphatic heterocycles. The summed E-state index contributed by atoms with van der Waals surface area (Å²) in [5.74, 6) is 0.455. The average molecular weight is 426 g/mol. The first-order valence-electron chi connectivity index (χ1n) is 10.3. The highest BCUT2D eigenvalue weighted by molar-refractivity contribution is 7.15. The Kier molecular flexibility index (Phi) is 5.81. The Bertz CT molecular complexity index is 1090. The summed E-state index contributed by atoms with van der Waals surface area (Å²) in [7, 11) is 0. The minimum atomic E-state index is -0.988. The van der Waals surface area contributed by atoms with Crippen molar-refractivity contribution in [3.63, 3.8) is 0 Å². The summed E-state index contributed by atoms with van der Waals surface area (Å²) >= 11 is 1.73. The molecule has 7 heteroatoms. The first-order chi connectivity index (χ1) is 14.5. The molecule has 0 unspecified atom stereocenters. The first kappa shape index (κ1) is 20.5. The SMILES string of the molecule is CCc1nc(-c2ccc(C3CC3)s2)nc(Nc2ccc(CC(=O)O)cc2F)c1CC. The van der Waals surface area contributed by atoms with Crippen LogP contribution in [0.25, 0.3) is 10.7 Å². The highest BCUT2D eigenvalue weighted by Crippen LogP contribution is 2.44. The van der Waals surface area contributed by atoms with Crippen molar-refractivity contribution in [1.82, 2.24) is 9.97 Å². The number of hydrogen-bond acceptors (Lipinski definition) is 5. The van der Waals surface area contributed by atoms with Crippen LogP contribution in [0.4, 0.5) is 15.9 Å². The van der Waals surface area contributed by atoms with Crippen molar-refractivity contribution in [2.45, 2.75) is 51.9 Å². The number of carbonyl (C=O) groups is 1. The normalized spacial score (nSPS) is 13.4. The quantitative estimate of drug-likeness (QED) is 0.483. The van der Waals surface area contributed by atoms with Crippen LogP contribution in [0.3, 0.4) is 0 Å². The van der Waals surface area contributed by atoms with Gasteiger partial charge in [0, 0.05) is 16.1 Å². The van der Waals surface area contributed by atoms with E-state index in [9.17, 15) is 9.18 Å². The Balaban J connectivity index is 1.69. The summed E-state index contributed by atoms with van der Waals surface area (Å²) in [5, 5.41) is 12.0. The van der Waals surface area contributed by atoms with Gasteiger partial charge in [-0.3, -0.25) is 4.79 Å². The van der Waals surface area contributed by atoms with Crippen molar-refractivity contribution in [3.05, 3.63) is 57.8 Å². The van der Waals surface area contributed by atoms with Crippen LogP contribution in [0.1, 0.15) is 54.3 Å². The van der Waals surface area contributed by atoms with Gasteiger partial charge in [0.2, 0.25) is 0 Å². The Morgan fingerprint density at radius 3 is 2.63 bits per heavy atom. The molecule has 2 N–H and O–H groups in total. The van der Waals surface area contributed by atoms with E-state index in [2.05, 4.69) is 24.4 Å². The number of carboxylic acids is 1. The average Bonchev–Trinajstić information content (AvgIpc) is 3.45.